The Labute approximate surface area is 109 Å². The molecule has 3 rings (SSSR count). The quantitative estimate of drug-likeness (QED) is 0.692. The van der Waals surface area contributed by atoms with E-state index in [1.165, 1.54) is 10.4 Å². The third kappa shape index (κ3) is 2.07. The summed E-state index contributed by atoms with van der Waals surface area (Å²) in [4.78, 5) is 10.6. The lowest BCUT2D eigenvalue weighted by atomic mass is 10.2. The van der Waals surface area contributed by atoms with Crippen LogP contribution in [0.4, 0.5) is 0 Å². The highest BCUT2D eigenvalue weighted by molar-refractivity contribution is 7.18. The van der Waals surface area contributed by atoms with Crippen LogP contribution < -0.4 is 4.74 Å². The molecule has 0 unspecified atom stereocenters. The number of aromatic nitrogens is 2. The number of hydrogen-bond acceptors (Lipinski definition) is 4. The summed E-state index contributed by atoms with van der Waals surface area (Å²) in [7, 11) is 0. The van der Waals surface area contributed by atoms with E-state index >= 15 is 0 Å². The molecule has 0 saturated heterocycles. The fraction of sp³-hybridized carbons (Fsp3) is 0.143. The van der Waals surface area contributed by atoms with E-state index in [-0.39, 0.29) is 0 Å². The predicted octanol–water partition coefficient (Wildman–Crippen LogP) is 4.10. The van der Waals surface area contributed by atoms with Gasteiger partial charge in [-0.05, 0) is 37.6 Å². The maximum Gasteiger partial charge on any atom is 0.231 e. The molecule has 0 bridgehead atoms. The summed E-state index contributed by atoms with van der Waals surface area (Å²) in [5.41, 5.74) is 1.17. The van der Waals surface area contributed by atoms with Crippen molar-refractivity contribution in [1.29, 1.82) is 0 Å². The maximum atomic E-state index is 5.84. The van der Waals surface area contributed by atoms with E-state index in [1.807, 2.05) is 31.2 Å². The molecule has 3 nitrogen and oxygen atoms in total. The Hall–Kier alpha value is -1.94. The van der Waals surface area contributed by atoms with E-state index in [2.05, 4.69) is 23.0 Å². The number of nitrogens with zero attached hydrogens (tertiary/aromatic N) is 2. The zero-order valence-electron chi connectivity index (χ0n) is 10.2. The Kier molecular flexibility index (Phi) is 2.72. The zero-order valence-corrected chi connectivity index (χ0v) is 11.0. The Morgan fingerprint density at radius 2 is 2.00 bits per heavy atom. The molecule has 0 aliphatic carbocycles. The highest BCUT2D eigenvalue weighted by Gasteiger charge is 2.08. The lowest BCUT2D eigenvalue weighted by Crippen LogP contribution is -1.89. The van der Waals surface area contributed by atoms with Crippen molar-refractivity contribution in [1.82, 2.24) is 9.97 Å². The van der Waals surface area contributed by atoms with Crippen molar-refractivity contribution in [2.45, 2.75) is 13.8 Å². The van der Waals surface area contributed by atoms with Crippen LogP contribution in [0.1, 0.15) is 10.4 Å². The summed E-state index contributed by atoms with van der Waals surface area (Å²) in [5, 5.41) is 0.974. The molecule has 0 spiro atoms. The molecule has 0 amide bonds. The predicted molar refractivity (Wildman–Crippen MR) is 73.4 cm³/mol. The number of hydrogen-bond donors (Lipinski definition) is 0. The second-order valence-corrected chi connectivity index (χ2v) is 5.41. The van der Waals surface area contributed by atoms with Gasteiger partial charge in [0.1, 0.15) is 16.9 Å². The highest BCUT2D eigenvalue weighted by Crippen LogP contribution is 2.31. The minimum atomic E-state index is 0.620. The van der Waals surface area contributed by atoms with Crippen LogP contribution in [0.15, 0.2) is 36.7 Å². The number of thiophene rings is 1. The second kappa shape index (κ2) is 4.38. The van der Waals surface area contributed by atoms with Gasteiger partial charge in [-0.3, -0.25) is 0 Å². The fourth-order valence-electron chi connectivity index (χ4n) is 1.83. The van der Waals surface area contributed by atoms with Crippen molar-refractivity contribution in [3.8, 4) is 11.6 Å². The molecule has 1 aromatic carbocycles. The van der Waals surface area contributed by atoms with E-state index < -0.39 is 0 Å². The summed E-state index contributed by atoms with van der Waals surface area (Å²) in [6.45, 7) is 4.10. The van der Waals surface area contributed by atoms with Crippen LogP contribution in [-0.2, 0) is 0 Å². The van der Waals surface area contributed by atoms with Crippen LogP contribution in [0.5, 0.6) is 11.6 Å². The molecule has 2 aromatic heterocycles. The lowest BCUT2D eigenvalue weighted by Gasteiger charge is -2.05. The molecule has 0 aliphatic heterocycles. The van der Waals surface area contributed by atoms with E-state index in [4.69, 9.17) is 4.74 Å². The number of benzene rings is 1. The standard InChI is InChI=1S/C14H12N2OS/c1-9-4-3-5-11(6-9)17-13-12-7-10(2)18-14(12)16-8-15-13/h3-8H,1-2H3. The first kappa shape index (κ1) is 11.2. The minimum Gasteiger partial charge on any atom is -0.438 e. The van der Waals surface area contributed by atoms with Crippen molar-refractivity contribution in [2.24, 2.45) is 0 Å². The smallest absolute Gasteiger partial charge is 0.231 e. The highest BCUT2D eigenvalue weighted by atomic mass is 32.1. The van der Waals surface area contributed by atoms with Crippen LogP contribution in [-0.4, -0.2) is 9.97 Å². The Morgan fingerprint density at radius 1 is 1.11 bits per heavy atom. The van der Waals surface area contributed by atoms with E-state index in [0.29, 0.717) is 5.88 Å². The molecule has 18 heavy (non-hydrogen) atoms. The normalized spacial score (nSPS) is 10.8. The lowest BCUT2D eigenvalue weighted by molar-refractivity contribution is 0.468. The topological polar surface area (TPSA) is 35.0 Å². The van der Waals surface area contributed by atoms with Gasteiger partial charge in [0.15, 0.2) is 0 Å². The fourth-order valence-corrected chi connectivity index (χ4v) is 2.66. The summed E-state index contributed by atoms with van der Waals surface area (Å²) < 4.78 is 5.84. The first-order valence-electron chi connectivity index (χ1n) is 5.68. The van der Waals surface area contributed by atoms with E-state index in [9.17, 15) is 0 Å². The summed E-state index contributed by atoms with van der Waals surface area (Å²) >= 11 is 1.65. The molecule has 90 valence electrons. The largest absolute Gasteiger partial charge is 0.438 e. The van der Waals surface area contributed by atoms with E-state index in [1.54, 1.807) is 17.7 Å². The summed E-state index contributed by atoms with van der Waals surface area (Å²) in [6, 6.07) is 10.00. The first-order chi connectivity index (χ1) is 8.72. The molecule has 0 atom stereocenters. The molecule has 0 fully saturated rings. The molecule has 0 aliphatic rings. The van der Waals surface area contributed by atoms with Gasteiger partial charge in [-0.15, -0.1) is 11.3 Å². The number of fused-ring (bicyclic) bond motifs is 1. The van der Waals surface area contributed by atoms with Gasteiger partial charge >= 0.3 is 0 Å². The zero-order chi connectivity index (χ0) is 12.5. The summed E-state index contributed by atoms with van der Waals surface area (Å²) in [5.74, 6) is 1.42. The molecular weight excluding hydrogens is 244 g/mol. The van der Waals surface area contributed by atoms with Gasteiger partial charge in [0.25, 0.3) is 0 Å². The van der Waals surface area contributed by atoms with Gasteiger partial charge in [-0.1, -0.05) is 12.1 Å². The third-order valence-corrected chi connectivity index (χ3v) is 3.58. The van der Waals surface area contributed by atoms with Crippen molar-refractivity contribution in [2.75, 3.05) is 0 Å². The average molecular weight is 256 g/mol. The van der Waals surface area contributed by atoms with Crippen LogP contribution in [0.25, 0.3) is 10.2 Å². The Balaban J connectivity index is 2.04. The second-order valence-electron chi connectivity index (χ2n) is 4.17. The number of rotatable bonds is 2. The van der Waals surface area contributed by atoms with Gasteiger partial charge in [0.05, 0.1) is 5.39 Å². The molecule has 2 heterocycles. The average Bonchev–Trinajstić information content (AvgIpc) is 2.71. The molecule has 0 N–H and O–H groups in total. The van der Waals surface area contributed by atoms with Gasteiger partial charge in [0, 0.05) is 4.88 Å². The molecule has 4 heteroatoms. The van der Waals surface area contributed by atoms with Crippen LogP contribution in [0, 0.1) is 13.8 Å². The van der Waals surface area contributed by atoms with Crippen molar-refractivity contribution >= 4 is 21.6 Å². The van der Waals surface area contributed by atoms with Gasteiger partial charge in [-0.25, -0.2) is 9.97 Å². The number of aryl methyl sites for hydroxylation is 2. The SMILES string of the molecule is Cc1cccc(Oc2ncnc3sc(C)cc23)c1. The monoisotopic (exact) mass is 256 g/mol. The first-order valence-corrected chi connectivity index (χ1v) is 6.50. The minimum absolute atomic E-state index is 0.620. The van der Waals surface area contributed by atoms with Crippen LogP contribution >= 0.6 is 11.3 Å². The van der Waals surface area contributed by atoms with Gasteiger partial charge < -0.3 is 4.74 Å². The molecule has 0 radical (unpaired) electrons. The Bertz CT molecular complexity index is 706. The molecular formula is C14H12N2OS. The summed E-state index contributed by atoms with van der Waals surface area (Å²) in [6.07, 6.45) is 1.55. The molecule has 0 saturated carbocycles. The van der Waals surface area contributed by atoms with Crippen molar-refractivity contribution in [3.05, 3.63) is 47.1 Å². The van der Waals surface area contributed by atoms with Crippen LogP contribution in [0.3, 0.4) is 0 Å². The maximum absolute atomic E-state index is 5.84. The van der Waals surface area contributed by atoms with Gasteiger partial charge in [0.2, 0.25) is 5.88 Å². The van der Waals surface area contributed by atoms with Crippen molar-refractivity contribution in [3.63, 3.8) is 0 Å². The molecule has 3 aromatic rings. The Morgan fingerprint density at radius 3 is 2.83 bits per heavy atom. The third-order valence-electron chi connectivity index (χ3n) is 2.62. The van der Waals surface area contributed by atoms with Gasteiger partial charge in [-0.2, -0.15) is 0 Å². The van der Waals surface area contributed by atoms with Crippen LogP contribution in [0.2, 0.25) is 0 Å². The van der Waals surface area contributed by atoms with Crippen molar-refractivity contribution < 1.29 is 4.74 Å². The van der Waals surface area contributed by atoms with E-state index in [0.717, 1.165) is 16.0 Å². The number of ether oxygens (including phenoxy) is 1.